The molecule has 1 fully saturated rings. The fourth-order valence-corrected chi connectivity index (χ4v) is 3.06. The van der Waals surface area contributed by atoms with Gasteiger partial charge < -0.3 is 10.6 Å². The summed E-state index contributed by atoms with van der Waals surface area (Å²) in [4.78, 5) is 16.6. The highest BCUT2D eigenvalue weighted by Gasteiger charge is 2.25. The Labute approximate surface area is 112 Å². The first kappa shape index (κ1) is 13.5. The van der Waals surface area contributed by atoms with Crippen molar-refractivity contribution in [2.75, 3.05) is 11.9 Å². The van der Waals surface area contributed by atoms with Gasteiger partial charge in [-0.05, 0) is 32.2 Å². The van der Waals surface area contributed by atoms with Gasteiger partial charge >= 0.3 is 0 Å². The number of piperidine rings is 1. The van der Waals surface area contributed by atoms with Gasteiger partial charge in [-0.15, -0.1) is 11.3 Å². The largest absolute Gasteiger partial charge is 0.314 e. The van der Waals surface area contributed by atoms with Gasteiger partial charge in [0.2, 0.25) is 5.91 Å². The zero-order chi connectivity index (χ0) is 13.1. The van der Waals surface area contributed by atoms with Crippen molar-refractivity contribution in [2.24, 2.45) is 5.92 Å². The zero-order valence-electron chi connectivity index (χ0n) is 11.2. The van der Waals surface area contributed by atoms with E-state index in [-0.39, 0.29) is 11.8 Å². The molecule has 1 aromatic rings. The lowest BCUT2D eigenvalue weighted by atomic mass is 9.92. The zero-order valence-corrected chi connectivity index (χ0v) is 12.0. The molecule has 1 saturated heterocycles. The van der Waals surface area contributed by atoms with E-state index < -0.39 is 0 Å². The number of anilines is 1. The minimum absolute atomic E-state index is 0.118. The molecule has 4 nitrogen and oxygen atoms in total. The first-order valence-corrected chi connectivity index (χ1v) is 7.44. The maximum Gasteiger partial charge on any atom is 0.229 e. The van der Waals surface area contributed by atoms with Crippen LogP contribution in [0.25, 0.3) is 0 Å². The lowest BCUT2D eigenvalue weighted by molar-refractivity contribution is -0.120. The molecule has 2 heterocycles. The highest BCUT2D eigenvalue weighted by atomic mass is 32.1. The average molecular weight is 267 g/mol. The molecular formula is C13H21N3OS. The van der Waals surface area contributed by atoms with Gasteiger partial charge in [0.25, 0.3) is 0 Å². The Balaban J connectivity index is 1.93. The van der Waals surface area contributed by atoms with Gasteiger partial charge in [-0.3, -0.25) is 4.79 Å². The molecule has 100 valence electrons. The van der Waals surface area contributed by atoms with Gasteiger partial charge in [0.15, 0.2) is 5.13 Å². The summed E-state index contributed by atoms with van der Waals surface area (Å²) in [5.74, 6) is 0.645. The molecule has 0 radical (unpaired) electrons. The Hall–Kier alpha value is -0.940. The average Bonchev–Trinajstić information content (AvgIpc) is 2.77. The molecule has 0 spiro atoms. The summed E-state index contributed by atoms with van der Waals surface area (Å²) in [7, 11) is 0. The van der Waals surface area contributed by atoms with Gasteiger partial charge in [-0.2, -0.15) is 0 Å². The summed E-state index contributed by atoms with van der Waals surface area (Å²) >= 11 is 1.51. The van der Waals surface area contributed by atoms with Gasteiger partial charge in [-0.1, -0.05) is 13.8 Å². The normalized spacial score (nSPS) is 24.2. The quantitative estimate of drug-likeness (QED) is 0.885. The van der Waals surface area contributed by atoms with Gasteiger partial charge in [-0.25, -0.2) is 4.98 Å². The van der Waals surface area contributed by atoms with Gasteiger partial charge in [0.1, 0.15) is 0 Å². The van der Waals surface area contributed by atoms with Gasteiger partial charge in [0, 0.05) is 17.3 Å². The molecule has 2 N–H and O–H groups in total. The molecule has 0 aliphatic carbocycles. The highest BCUT2D eigenvalue weighted by molar-refractivity contribution is 7.13. The van der Waals surface area contributed by atoms with E-state index in [1.807, 2.05) is 5.38 Å². The van der Waals surface area contributed by atoms with Crippen LogP contribution in [0.2, 0.25) is 0 Å². The van der Waals surface area contributed by atoms with Crippen LogP contribution in [0.5, 0.6) is 0 Å². The van der Waals surface area contributed by atoms with E-state index in [9.17, 15) is 4.79 Å². The number of carbonyl (C=O) groups excluding carboxylic acids is 1. The van der Waals surface area contributed by atoms with Crippen molar-refractivity contribution >= 4 is 22.4 Å². The Morgan fingerprint density at radius 3 is 3.00 bits per heavy atom. The number of rotatable bonds is 3. The van der Waals surface area contributed by atoms with Crippen molar-refractivity contribution in [3.05, 3.63) is 11.1 Å². The predicted molar refractivity (Wildman–Crippen MR) is 75.0 cm³/mol. The smallest absolute Gasteiger partial charge is 0.229 e. The van der Waals surface area contributed by atoms with E-state index in [1.54, 1.807) is 0 Å². The Kier molecular flexibility index (Phi) is 4.35. The molecule has 2 unspecified atom stereocenters. The molecule has 5 heteroatoms. The fraction of sp³-hybridized carbons (Fsp3) is 0.692. The number of nitrogens with one attached hydrogen (secondary N) is 2. The summed E-state index contributed by atoms with van der Waals surface area (Å²) in [6.07, 6.45) is 1.83. The third-order valence-electron chi connectivity index (χ3n) is 3.34. The van der Waals surface area contributed by atoms with Crippen LogP contribution >= 0.6 is 11.3 Å². The van der Waals surface area contributed by atoms with Gasteiger partial charge in [0.05, 0.1) is 5.69 Å². The minimum atomic E-state index is 0.118. The summed E-state index contributed by atoms with van der Waals surface area (Å²) in [5.41, 5.74) is 1.05. The number of thiazole rings is 1. The second-order valence-corrected chi connectivity index (χ2v) is 6.16. The third-order valence-corrected chi connectivity index (χ3v) is 4.11. The maximum absolute atomic E-state index is 12.1. The molecule has 1 aromatic heterocycles. The van der Waals surface area contributed by atoms with E-state index in [4.69, 9.17) is 0 Å². The Morgan fingerprint density at radius 2 is 2.39 bits per heavy atom. The minimum Gasteiger partial charge on any atom is -0.314 e. The molecule has 1 aliphatic rings. The van der Waals surface area contributed by atoms with Crippen LogP contribution in [0.3, 0.4) is 0 Å². The van der Waals surface area contributed by atoms with Crippen molar-refractivity contribution in [1.29, 1.82) is 0 Å². The van der Waals surface area contributed by atoms with Crippen LogP contribution in [0.1, 0.15) is 45.2 Å². The number of aromatic nitrogens is 1. The summed E-state index contributed by atoms with van der Waals surface area (Å²) in [6, 6.07) is 0.428. The van der Waals surface area contributed by atoms with Crippen LogP contribution in [-0.4, -0.2) is 23.5 Å². The third kappa shape index (κ3) is 3.29. The van der Waals surface area contributed by atoms with E-state index in [0.29, 0.717) is 12.0 Å². The Morgan fingerprint density at radius 1 is 1.61 bits per heavy atom. The molecule has 2 atom stereocenters. The lowest BCUT2D eigenvalue weighted by Gasteiger charge is -2.26. The molecule has 2 rings (SSSR count). The van der Waals surface area contributed by atoms with Crippen LogP contribution < -0.4 is 10.6 Å². The van der Waals surface area contributed by atoms with Crippen molar-refractivity contribution in [1.82, 2.24) is 10.3 Å². The molecule has 1 aliphatic heterocycles. The monoisotopic (exact) mass is 267 g/mol. The first-order chi connectivity index (χ1) is 8.56. The molecule has 0 aromatic carbocycles. The van der Waals surface area contributed by atoms with Crippen LogP contribution in [0, 0.1) is 5.92 Å². The second kappa shape index (κ2) is 5.80. The van der Waals surface area contributed by atoms with Crippen molar-refractivity contribution in [3.8, 4) is 0 Å². The first-order valence-electron chi connectivity index (χ1n) is 6.56. The standard InChI is InChI=1S/C13H21N3OS/c1-8(2)11-7-18-13(15-11)16-12(17)10-4-5-14-9(3)6-10/h7-10,14H,4-6H2,1-3H3,(H,15,16,17). The second-order valence-electron chi connectivity index (χ2n) is 5.30. The number of hydrogen-bond donors (Lipinski definition) is 2. The van der Waals surface area contributed by atoms with E-state index in [1.165, 1.54) is 11.3 Å². The predicted octanol–water partition coefficient (Wildman–Crippen LogP) is 2.59. The number of hydrogen-bond acceptors (Lipinski definition) is 4. The molecule has 0 bridgehead atoms. The number of nitrogens with zero attached hydrogens (tertiary/aromatic N) is 1. The van der Waals surface area contributed by atoms with E-state index in [0.717, 1.165) is 30.2 Å². The number of amides is 1. The molecule has 0 saturated carbocycles. The van der Waals surface area contributed by atoms with E-state index in [2.05, 4.69) is 36.4 Å². The van der Waals surface area contributed by atoms with Crippen LogP contribution in [0.15, 0.2) is 5.38 Å². The van der Waals surface area contributed by atoms with Crippen LogP contribution in [0.4, 0.5) is 5.13 Å². The summed E-state index contributed by atoms with van der Waals surface area (Å²) in [6.45, 7) is 7.26. The van der Waals surface area contributed by atoms with Crippen molar-refractivity contribution in [2.45, 2.75) is 45.6 Å². The summed E-state index contributed by atoms with van der Waals surface area (Å²) < 4.78 is 0. The topological polar surface area (TPSA) is 54.0 Å². The van der Waals surface area contributed by atoms with Crippen molar-refractivity contribution in [3.63, 3.8) is 0 Å². The summed E-state index contributed by atoms with van der Waals surface area (Å²) in [5, 5.41) is 9.06. The number of carbonyl (C=O) groups is 1. The molecule has 18 heavy (non-hydrogen) atoms. The Bertz CT molecular complexity index is 416. The SMILES string of the molecule is CC1CC(C(=O)Nc2nc(C(C)C)cs2)CCN1. The molecule has 1 amide bonds. The van der Waals surface area contributed by atoms with Crippen molar-refractivity contribution < 1.29 is 4.79 Å². The highest BCUT2D eigenvalue weighted by Crippen LogP contribution is 2.23. The van der Waals surface area contributed by atoms with Crippen LogP contribution in [-0.2, 0) is 4.79 Å². The maximum atomic E-state index is 12.1. The lowest BCUT2D eigenvalue weighted by Crippen LogP contribution is -2.40. The van der Waals surface area contributed by atoms with E-state index >= 15 is 0 Å². The molecular weight excluding hydrogens is 246 g/mol. The fourth-order valence-electron chi connectivity index (χ4n) is 2.19.